The Bertz CT molecular complexity index is 505. The van der Waals surface area contributed by atoms with Gasteiger partial charge in [0.15, 0.2) is 0 Å². The smallest absolute Gasteiger partial charge is 0.0397 e. The molecule has 0 fully saturated rings. The second-order valence-corrected chi connectivity index (χ2v) is 6.26. The highest BCUT2D eigenvalue weighted by molar-refractivity contribution is 9.13. The molecule has 0 heterocycles. The van der Waals surface area contributed by atoms with Crippen LogP contribution in [0.15, 0.2) is 42.2 Å². The van der Waals surface area contributed by atoms with E-state index < -0.39 is 0 Å². The highest BCUT2D eigenvalue weighted by atomic mass is 79.9. The fourth-order valence-electron chi connectivity index (χ4n) is 1.29. The summed E-state index contributed by atoms with van der Waals surface area (Å²) in [6.45, 7) is 0. The van der Waals surface area contributed by atoms with Gasteiger partial charge in [0.1, 0.15) is 0 Å². The van der Waals surface area contributed by atoms with Crippen molar-refractivity contribution >= 4 is 74.5 Å². The van der Waals surface area contributed by atoms with Gasteiger partial charge in [-0.2, -0.15) is 0 Å². The fraction of sp³-hybridized carbons (Fsp3) is 0. The maximum absolute atomic E-state index is 3.56. The van der Waals surface area contributed by atoms with E-state index in [0.717, 1.165) is 17.9 Å². The van der Waals surface area contributed by atoms with Gasteiger partial charge in [-0.05, 0) is 60.8 Å². The zero-order valence-electron chi connectivity index (χ0n) is 6.82. The van der Waals surface area contributed by atoms with Crippen LogP contribution in [-0.4, -0.2) is 0 Å². The number of fused-ring (bicyclic) bond motifs is 1. The number of halogens is 4. The van der Waals surface area contributed by atoms with Gasteiger partial charge in [-0.15, -0.1) is 0 Å². The van der Waals surface area contributed by atoms with Gasteiger partial charge in [-0.3, -0.25) is 0 Å². The van der Waals surface area contributed by atoms with Crippen LogP contribution in [0.1, 0.15) is 0 Å². The summed E-state index contributed by atoms with van der Waals surface area (Å²) in [6, 6.07) is 8.25. The van der Waals surface area contributed by atoms with Crippen LogP contribution in [0.3, 0.4) is 0 Å². The van der Waals surface area contributed by atoms with Gasteiger partial charge in [-0.1, -0.05) is 37.9 Å². The highest BCUT2D eigenvalue weighted by Gasteiger charge is 2.07. The van der Waals surface area contributed by atoms with Crippen molar-refractivity contribution in [3.8, 4) is 0 Å². The maximum Gasteiger partial charge on any atom is 0.0397 e. The first-order valence-corrected chi connectivity index (χ1v) is 6.99. The molecule has 4 heteroatoms. The number of hydrogen-bond acceptors (Lipinski definition) is 0. The third-order valence-electron chi connectivity index (χ3n) is 1.94. The van der Waals surface area contributed by atoms with E-state index in [1.165, 1.54) is 10.8 Å². The Morgan fingerprint density at radius 2 is 1.43 bits per heavy atom. The molecular formula is C10H4Br4. The van der Waals surface area contributed by atoms with Crippen molar-refractivity contribution in [1.29, 1.82) is 0 Å². The van der Waals surface area contributed by atoms with Gasteiger partial charge in [0, 0.05) is 17.9 Å². The van der Waals surface area contributed by atoms with E-state index in [0.29, 0.717) is 0 Å². The van der Waals surface area contributed by atoms with Gasteiger partial charge in [0.2, 0.25) is 0 Å². The summed E-state index contributed by atoms with van der Waals surface area (Å²) in [5.41, 5.74) is 0. The van der Waals surface area contributed by atoms with Gasteiger partial charge in [0.05, 0.1) is 0 Å². The summed E-state index contributed by atoms with van der Waals surface area (Å²) in [4.78, 5) is 0. The maximum atomic E-state index is 3.56. The molecule has 0 aromatic heterocycles. The molecule has 0 spiro atoms. The average molecular weight is 444 g/mol. The Kier molecular flexibility index (Phi) is 3.37. The minimum absolute atomic E-state index is 1.05. The second kappa shape index (κ2) is 4.24. The molecule has 2 aromatic rings. The summed E-state index contributed by atoms with van der Waals surface area (Å²) < 4.78 is 4.30. The first-order valence-electron chi connectivity index (χ1n) is 3.82. The van der Waals surface area contributed by atoms with E-state index in [9.17, 15) is 0 Å². The van der Waals surface area contributed by atoms with Gasteiger partial charge >= 0.3 is 0 Å². The van der Waals surface area contributed by atoms with Gasteiger partial charge in [-0.25, -0.2) is 0 Å². The molecule has 0 saturated heterocycles. The largest absolute Gasteiger partial charge is 0.0521 e. The van der Waals surface area contributed by atoms with Crippen LogP contribution in [-0.2, 0) is 0 Å². The molecule has 0 aliphatic carbocycles. The van der Waals surface area contributed by atoms with Crippen LogP contribution in [0.25, 0.3) is 10.8 Å². The van der Waals surface area contributed by atoms with E-state index >= 15 is 0 Å². The van der Waals surface area contributed by atoms with Crippen molar-refractivity contribution < 1.29 is 0 Å². The van der Waals surface area contributed by atoms with E-state index in [-0.39, 0.29) is 0 Å². The van der Waals surface area contributed by atoms with Crippen molar-refractivity contribution in [3.63, 3.8) is 0 Å². The quantitative estimate of drug-likeness (QED) is 0.445. The second-order valence-electron chi connectivity index (χ2n) is 2.84. The van der Waals surface area contributed by atoms with E-state index in [1.54, 1.807) is 0 Å². The monoisotopic (exact) mass is 440 g/mol. The Balaban J connectivity index is 2.95. The Hall–Kier alpha value is 0.620. The predicted molar refractivity (Wildman–Crippen MR) is 74.7 cm³/mol. The molecule has 0 N–H and O–H groups in total. The minimum Gasteiger partial charge on any atom is -0.0521 e. The predicted octanol–water partition coefficient (Wildman–Crippen LogP) is 5.89. The van der Waals surface area contributed by atoms with Crippen LogP contribution in [0.4, 0.5) is 0 Å². The molecule has 14 heavy (non-hydrogen) atoms. The van der Waals surface area contributed by atoms with Crippen molar-refractivity contribution in [3.05, 3.63) is 42.2 Å². The van der Waals surface area contributed by atoms with Gasteiger partial charge < -0.3 is 0 Å². The molecule has 0 bridgehead atoms. The molecule has 0 aliphatic heterocycles. The standard InChI is InChI=1S/C10H4Br4/c11-5-1-2-6-7(3-5)10(14)9(13)4-8(6)12/h1-4H. The Labute approximate surface area is 116 Å². The number of benzene rings is 2. The Morgan fingerprint density at radius 3 is 2.14 bits per heavy atom. The lowest BCUT2D eigenvalue weighted by molar-refractivity contribution is 1.60. The summed E-state index contributed by atoms with van der Waals surface area (Å²) in [7, 11) is 0. The summed E-state index contributed by atoms with van der Waals surface area (Å²) in [5.74, 6) is 0. The fourth-order valence-corrected chi connectivity index (χ4v) is 3.42. The lowest BCUT2D eigenvalue weighted by Gasteiger charge is -2.06. The lowest BCUT2D eigenvalue weighted by Crippen LogP contribution is -1.79. The molecule has 0 saturated carbocycles. The summed E-state index contributed by atoms with van der Waals surface area (Å²) >= 11 is 14.1. The van der Waals surface area contributed by atoms with Crippen molar-refractivity contribution in [2.45, 2.75) is 0 Å². The Morgan fingerprint density at radius 1 is 0.714 bits per heavy atom. The minimum atomic E-state index is 1.05. The summed E-state index contributed by atoms with van der Waals surface area (Å²) in [5, 5.41) is 2.38. The van der Waals surface area contributed by atoms with Crippen molar-refractivity contribution in [2.75, 3.05) is 0 Å². The SMILES string of the molecule is Brc1ccc2c(Br)cc(Br)c(Br)c2c1. The zero-order valence-corrected chi connectivity index (χ0v) is 13.2. The molecule has 0 aliphatic rings. The molecule has 0 unspecified atom stereocenters. The van der Waals surface area contributed by atoms with E-state index in [1.807, 2.05) is 12.1 Å². The van der Waals surface area contributed by atoms with Crippen LogP contribution in [0.5, 0.6) is 0 Å². The van der Waals surface area contributed by atoms with Gasteiger partial charge in [0.25, 0.3) is 0 Å². The topological polar surface area (TPSA) is 0 Å². The zero-order chi connectivity index (χ0) is 10.3. The third kappa shape index (κ3) is 1.94. The highest BCUT2D eigenvalue weighted by Crippen LogP contribution is 2.37. The molecule has 0 amide bonds. The van der Waals surface area contributed by atoms with Crippen LogP contribution >= 0.6 is 63.7 Å². The molecule has 0 radical (unpaired) electrons. The van der Waals surface area contributed by atoms with Crippen LogP contribution in [0.2, 0.25) is 0 Å². The number of rotatable bonds is 0. The third-order valence-corrected chi connectivity index (χ3v) is 5.10. The van der Waals surface area contributed by atoms with Crippen molar-refractivity contribution in [2.24, 2.45) is 0 Å². The molecule has 0 nitrogen and oxygen atoms in total. The normalized spacial score (nSPS) is 10.9. The van der Waals surface area contributed by atoms with Crippen LogP contribution < -0.4 is 0 Å². The first kappa shape index (κ1) is 11.1. The van der Waals surface area contributed by atoms with E-state index in [2.05, 4.69) is 75.9 Å². The van der Waals surface area contributed by atoms with E-state index in [4.69, 9.17) is 0 Å². The first-order chi connectivity index (χ1) is 6.59. The molecular weight excluding hydrogens is 440 g/mol. The molecule has 2 aromatic carbocycles. The number of hydrogen-bond donors (Lipinski definition) is 0. The summed E-state index contributed by atoms with van der Waals surface area (Å²) in [6.07, 6.45) is 0. The molecule has 2 rings (SSSR count). The van der Waals surface area contributed by atoms with Crippen molar-refractivity contribution in [1.82, 2.24) is 0 Å². The average Bonchev–Trinajstić information content (AvgIpc) is 2.14. The molecule has 72 valence electrons. The lowest BCUT2D eigenvalue weighted by atomic mass is 10.1. The van der Waals surface area contributed by atoms with Crippen LogP contribution in [0, 0.1) is 0 Å². The molecule has 0 atom stereocenters.